The summed E-state index contributed by atoms with van der Waals surface area (Å²) in [5.74, 6) is 0.664. The lowest BCUT2D eigenvalue weighted by atomic mass is 10.1. The number of piperazine rings is 1. The molecule has 4 rings (SSSR count). The molecule has 0 unspecified atom stereocenters. The normalized spacial score (nSPS) is 16.9. The van der Waals surface area contributed by atoms with Crippen molar-refractivity contribution >= 4 is 46.7 Å². The second-order valence-electron chi connectivity index (χ2n) is 7.97. The third kappa shape index (κ3) is 5.89. The maximum Gasteiger partial charge on any atom is 0.234 e. The first-order valence-electron chi connectivity index (χ1n) is 10.7. The molecular weight excluding hydrogens is 453 g/mol. The number of nitrogens with zero attached hydrogens (tertiary/aromatic N) is 4. The monoisotopic (exact) mass is 477 g/mol. The number of hydrogen-bond acceptors (Lipinski definition) is 6. The number of benzene rings is 1. The van der Waals surface area contributed by atoms with Gasteiger partial charge in [0.05, 0.1) is 5.75 Å². The Morgan fingerprint density at radius 3 is 2.47 bits per heavy atom. The van der Waals surface area contributed by atoms with Crippen LogP contribution >= 0.6 is 23.4 Å². The molecule has 2 amide bonds. The highest BCUT2D eigenvalue weighted by Crippen LogP contribution is 2.28. The van der Waals surface area contributed by atoms with E-state index in [0.29, 0.717) is 48.0 Å². The fraction of sp³-hybridized carbons (Fsp3) is 0.455. The Labute approximate surface area is 195 Å². The summed E-state index contributed by atoms with van der Waals surface area (Å²) < 4.78 is 13.0. The molecule has 0 atom stereocenters. The number of nitrogens with one attached hydrogen (secondary N) is 1. The van der Waals surface area contributed by atoms with Gasteiger partial charge in [0.2, 0.25) is 11.8 Å². The van der Waals surface area contributed by atoms with Gasteiger partial charge < -0.3 is 15.1 Å². The van der Waals surface area contributed by atoms with E-state index < -0.39 is 0 Å². The summed E-state index contributed by atoms with van der Waals surface area (Å²) in [5.41, 5.74) is 0.523. The highest BCUT2D eigenvalue weighted by Gasteiger charge is 2.29. The summed E-state index contributed by atoms with van der Waals surface area (Å²) in [7, 11) is 0. The molecule has 2 fully saturated rings. The van der Waals surface area contributed by atoms with Crippen molar-refractivity contribution in [1.82, 2.24) is 14.9 Å². The molecule has 1 aromatic heterocycles. The Morgan fingerprint density at radius 1 is 1.09 bits per heavy atom. The number of aromatic nitrogens is 2. The molecule has 0 spiro atoms. The number of thioether (sulfide) groups is 1. The summed E-state index contributed by atoms with van der Waals surface area (Å²) in [6, 6.07) is 7.29. The first-order valence-corrected chi connectivity index (χ1v) is 12.1. The number of amides is 2. The van der Waals surface area contributed by atoms with Crippen molar-refractivity contribution < 1.29 is 14.0 Å². The minimum atomic E-state index is -0.360. The van der Waals surface area contributed by atoms with Crippen molar-refractivity contribution in [3.8, 4) is 0 Å². The standard InChI is InChI=1S/C22H25ClFN5O2S/c23-18-13-19(28-9-11-29(12-10-28)21(31)15-3-1-2-4-15)27-22(26-18)32-14-20(30)25-17-7-5-16(24)6-8-17/h5-8,13,15H,1-4,9-12,14H2,(H,25,30). The Kier molecular flexibility index (Phi) is 7.47. The van der Waals surface area contributed by atoms with Gasteiger partial charge in [0, 0.05) is 43.9 Å². The summed E-state index contributed by atoms with van der Waals surface area (Å²) in [4.78, 5) is 37.7. The Balaban J connectivity index is 1.31. The van der Waals surface area contributed by atoms with Crippen LogP contribution in [0.15, 0.2) is 35.5 Å². The highest BCUT2D eigenvalue weighted by molar-refractivity contribution is 7.99. The van der Waals surface area contributed by atoms with E-state index in [1.54, 1.807) is 6.07 Å². The van der Waals surface area contributed by atoms with Gasteiger partial charge in [-0.05, 0) is 37.1 Å². The average molecular weight is 478 g/mol. The van der Waals surface area contributed by atoms with Crippen molar-refractivity contribution in [3.63, 3.8) is 0 Å². The molecule has 7 nitrogen and oxygen atoms in total. The number of halogens is 2. The molecule has 170 valence electrons. The van der Waals surface area contributed by atoms with Crippen LogP contribution in [-0.2, 0) is 9.59 Å². The smallest absolute Gasteiger partial charge is 0.234 e. The Hall–Kier alpha value is -2.39. The fourth-order valence-corrected chi connectivity index (χ4v) is 4.94. The van der Waals surface area contributed by atoms with Crippen molar-refractivity contribution in [2.75, 3.05) is 42.1 Å². The van der Waals surface area contributed by atoms with Gasteiger partial charge in [-0.3, -0.25) is 9.59 Å². The zero-order valence-electron chi connectivity index (χ0n) is 17.6. The molecule has 1 N–H and O–H groups in total. The molecule has 32 heavy (non-hydrogen) atoms. The summed E-state index contributed by atoms with van der Waals surface area (Å²) >= 11 is 7.38. The average Bonchev–Trinajstić information content (AvgIpc) is 3.34. The van der Waals surface area contributed by atoms with Crippen LogP contribution in [-0.4, -0.2) is 58.6 Å². The molecule has 2 heterocycles. The minimum Gasteiger partial charge on any atom is -0.353 e. The van der Waals surface area contributed by atoms with Crippen LogP contribution in [0.1, 0.15) is 25.7 Å². The van der Waals surface area contributed by atoms with E-state index >= 15 is 0 Å². The van der Waals surface area contributed by atoms with E-state index in [0.717, 1.165) is 25.7 Å². The zero-order chi connectivity index (χ0) is 22.5. The number of rotatable bonds is 6. The predicted molar refractivity (Wildman–Crippen MR) is 124 cm³/mol. The minimum absolute atomic E-state index is 0.0980. The Bertz CT molecular complexity index is 963. The van der Waals surface area contributed by atoms with E-state index in [-0.39, 0.29) is 29.3 Å². The molecule has 1 saturated carbocycles. The number of hydrogen-bond donors (Lipinski definition) is 1. The molecular formula is C22H25ClFN5O2S. The van der Waals surface area contributed by atoms with Gasteiger partial charge in [-0.2, -0.15) is 0 Å². The lowest BCUT2D eigenvalue weighted by Gasteiger charge is -2.36. The molecule has 10 heteroatoms. The summed E-state index contributed by atoms with van der Waals surface area (Å²) in [5, 5.41) is 3.42. The first kappa shape index (κ1) is 22.8. The quantitative estimate of drug-likeness (QED) is 0.387. The van der Waals surface area contributed by atoms with Crippen molar-refractivity contribution in [2.45, 2.75) is 30.8 Å². The molecule has 1 aliphatic carbocycles. The van der Waals surface area contributed by atoms with Crippen LogP contribution in [0.5, 0.6) is 0 Å². The molecule has 1 aromatic carbocycles. The second-order valence-corrected chi connectivity index (χ2v) is 9.30. The Morgan fingerprint density at radius 2 is 1.78 bits per heavy atom. The van der Waals surface area contributed by atoms with Gasteiger partial charge in [-0.25, -0.2) is 14.4 Å². The fourth-order valence-electron chi connectivity index (χ4n) is 4.06. The number of anilines is 2. The third-order valence-corrected chi connectivity index (χ3v) is 6.78. The molecule has 0 radical (unpaired) electrons. The van der Waals surface area contributed by atoms with Crippen LogP contribution in [0.3, 0.4) is 0 Å². The van der Waals surface area contributed by atoms with Crippen molar-refractivity contribution in [2.24, 2.45) is 5.92 Å². The molecule has 2 aromatic rings. The lowest BCUT2D eigenvalue weighted by Crippen LogP contribution is -2.50. The van der Waals surface area contributed by atoms with Crippen LogP contribution in [0.4, 0.5) is 15.9 Å². The van der Waals surface area contributed by atoms with Crippen LogP contribution < -0.4 is 10.2 Å². The number of carbonyl (C=O) groups excluding carboxylic acids is 2. The molecule has 1 aliphatic heterocycles. The predicted octanol–water partition coefficient (Wildman–Crippen LogP) is 3.84. The maximum atomic E-state index is 13.0. The van der Waals surface area contributed by atoms with Gasteiger partial charge >= 0.3 is 0 Å². The molecule has 2 aliphatic rings. The van der Waals surface area contributed by atoms with Gasteiger partial charge in [0.15, 0.2) is 5.16 Å². The van der Waals surface area contributed by atoms with Gasteiger partial charge in [0.1, 0.15) is 16.8 Å². The number of carbonyl (C=O) groups is 2. The van der Waals surface area contributed by atoms with Crippen molar-refractivity contribution in [1.29, 1.82) is 0 Å². The molecule has 0 bridgehead atoms. The van der Waals surface area contributed by atoms with Crippen LogP contribution in [0.25, 0.3) is 0 Å². The molecule has 1 saturated heterocycles. The highest BCUT2D eigenvalue weighted by atomic mass is 35.5. The van der Waals surface area contributed by atoms with Gasteiger partial charge in [0.25, 0.3) is 0 Å². The zero-order valence-corrected chi connectivity index (χ0v) is 19.2. The first-order chi connectivity index (χ1) is 15.5. The second kappa shape index (κ2) is 10.5. The van der Waals surface area contributed by atoms with E-state index in [2.05, 4.69) is 20.2 Å². The van der Waals surface area contributed by atoms with E-state index in [1.807, 2.05) is 4.90 Å². The van der Waals surface area contributed by atoms with Crippen LogP contribution in [0.2, 0.25) is 5.15 Å². The van der Waals surface area contributed by atoms with Gasteiger partial charge in [-0.1, -0.05) is 36.2 Å². The van der Waals surface area contributed by atoms with Crippen LogP contribution in [0, 0.1) is 11.7 Å². The SMILES string of the molecule is O=C(CSc1nc(Cl)cc(N2CCN(C(=O)C3CCCC3)CC2)n1)Nc1ccc(F)cc1. The third-order valence-electron chi connectivity index (χ3n) is 5.74. The maximum absolute atomic E-state index is 13.0. The van der Waals surface area contributed by atoms with Crippen molar-refractivity contribution in [3.05, 3.63) is 41.3 Å². The van der Waals surface area contributed by atoms with E-state index in [4.69, 9.17) is 11.6 Å². The summed E-state index contributed by atoms with van der Waals surface area (Å²) in [6.45, 7) is 2.70. The summed E-state index contributed by atoms with van der Waals surface area (Å²) in [6.07, 6.45) is 4.32. The van der Waals surface area contributed by atoms with E-state index in [9.17, 15) is 14.0 Å². The topological polar surface area (TPSA) is 78.4 Å². The van der Waals surface area contributed by atoms with E-state index in [1.165, 1.54) is 36.0 Å². The lowest BCUT2D eigenvalue weighted by molar-refractivity contribution is -0.135. The largest absolute Gasteiger partial charge is 0.353 e. The van der Waals surface area contributed by atoms with Gasteiger partial charge in [-0.15, -0.1) is 0 Å².